The van der Waals surface area contributed by atoms with Crippen molar-refractivity contribution in [1.82, 2.24) is 14.7 Å². The minimum Gasteiger partial charge on any atom is -0.388 e. The fourth-order valence-electron chi connectivity index (χ4n) is 3.16. The van der Waals surface area contributed by atoms with Gasteiger partial charge in [0.1, 0.15) is 11.5 Å². The highest BCUT2D eigenvalue weighted by Gasteiger charge is 2.33. The van der Waals surface area contributed by atoms with Gasteiger partial charge in [-0.25, -0.2) is 9.07 Å². The first-order valence-electron chi connectivity index (χ1n) is 7.76. The molecule has 0 radical (unpaired) electrons. The molecule has 1 aliphatic carbocycles. The highest BCUT2D eigenvalue weighted by atomic mass is 19.1. The third-order valence-corrected chi connectivity index (χ3v) is 4.36. The van der Waals surface area contributed by atoms with Crippen LogP contribution in [0.15, 0.2) is 36.7 Å². The molecule has 0 saturated heterocycles. The van der Waals surface area contributed by atoms with E-state index in [9.17, 15) is 14.3 Å². The van der Waals surface area contributed by atoms with E-state index < -0.39 is 11.4 Å². The smallest absolute Gasteiger partial charge is 0.253 e. The molecular weight excluding hydrogens is 297 g/mol. The van der Waals surface area contributed by atoms with Gasteiger partial charge in [-0.15, -0.1) is 0 Å². The SMILES string of the molecule is CN(CC1(O)CCCC1)C(=O)c1ccc(-n2cccn2)c(F)c1. The van der Waals surface area contributed by atoms with Crippen LogP contribution < -0.4 is 0 Å². The van der Waals surface area contributed by atoms with Crippen LogP contribution in [-0.2, 0) is 0 Å². The second-order valence-corrected chi connectivity index (χ2v) is 6.21. The molecule has 1 saturated carbocycles. The van der Waals surface area contributed by atoms with E-state index in [4.69, 9.17) is 0 Å². The van der Waals surface area contributed by atoms with Crippen molar-refractivity contribution >= 4 is 5.91 Å². The molecule has 122 valence electrons. The fraction of sp³-hybridized carbons (Fsp3) is 0.412. The summed E-state index contributed by atoms with van der Waals surface area (Å²) in [7, 11) is 1.64. The second-order valence-electron chi connectivity index (χ2n) is 6.21. The van der Waals surface area contributed by atoms with Gasteiger partial charge in [0.25, 0.3) is 5.91 Å². The number of hydrogen-bond donors (Lipinski definition) is 1. The van der Waals surface area contributed by atoms with Crippen molar-refractivity contribution in [3.63, 3.8) is 0 Å². The zero-order chi connectivity index (χ0) is 16.4. The van der Waals surface area contributed by atoms with Crippen LogP contribution in [0.4, 0.5) is 4.39 Å². The number of aromatic nitrogens is 2. The predicted octanol–water partition coefficient (Wildman–Crippen LogP) is 2.39. The number of aliphatic hydroxyl groups is 1. The monoisotopic (exact) mass is 317 g/mol. The zero-order valence-corrected chi connectivity index (χ0v) is 13.1. The predicted molar refractivity (Wildman–Crippen MR) is 83.9 cm³/mol. The molecule has 1 N–H and O–H groups in total. The molecule has 1 aliphatic rings. The van der Waals surface area contributed by atoms with Gasteiger partial charge in [-0.3, -0.25) is 4.79 Å². The van der Waals surface area contributed by atoms with Crippen molar-refractivity contribution in [1.29, 1.82) is 0 Å². The summed E-state index contributed by atoms with van der Waals surface area (Å²) in [5, 5.41) is 14.4. The van der Waals surface area contributed by atoms with Crippen LogP contribution in [0.2, 0.25) is 0 Å². The first-order valence-corrected chi connectivity index (χ1v) is 7.76. The lowest BCUT2D eigenvalue weighted by Gasteiger charge is -2.28. The summed E-state index contributed by atoms with van der Waals surface area (Å²) >= 11 is 0. The number of halogens is 1. The third-order valence-electron chi connectivity index (χ3n) is 4.36. The van der Waals surface area contributed by atoms with Crippen molar-refractivity contribution in [2.24, 2.45) is 0 Å². The van der Waals surface area contributed by atoms with Gasteiger partial charge in [0.15, 0.2) is 0 Å². The van der Waals surface area contributed by atoms with Gasteiger partial charge in [-0.1, -0.05) is 12.8 Å². The van der Waals surface area contributed by atoms with Crippen LogP contribution in [0.5, 0.6) is 0 Å². The number of amides is 1. The molecular formula is C17H20FN3O2. The second kappa shape index (κ2) is 6.12. The molecule has 0 unspecified atom stereocenters. The Labute approximate surface area is 134 Å². The molecule has 2 aromatic rings. The number of nitrogens with zero attached hydrogens (tertiary/aromatic N) is 3. The molecule has 1 aromatic heterocycles. The maximum absolute atomic E-state index is 14.2. The van der Waals surface area contributed by atoms with Crippen molar-refractivity contribution < 1.29 is 14.3 Å². The van der Waals surface area contributed by atoms with Crippen LogP contribution in [-0.4, -0.2) is 44.9 Å². The van der Waals surface area contributed by atoms with E-state index in [1.165, 1.54) is 21.7 Å². The van der Waals surface area contributed by atoms with Crippen LogP contribution >= 0.6 is 0 Å². The summed E-state index contributed by atoms with van der Waals surface area (Å²) in [5.74, 6) is -0.802. The van der Waals surface area contributed by atoms with E-state index in [2.05, 4.69) is 5.10 Å². The summed E-state index contributed by atoms with van der Waals surface area (Å²) in [6.45, 7) is 0.272. The molecule has 6 heteroatoms. The topological polar surface area (TPSA) is 58.4 Å². The Bertz CT molecular complexity index is 694. The molecule has 1 aromatic carbocycles. The van der Waals surface area contributed by atoms with Gasteiger partial charge in [-0.05, 0) is 37.1 Å². The normalized spacial score (nSPS) is 16.5. The number of hydrogen-bond acceptors (Lipinski definition) is 3. The Hall–Kier alpha value is -2.21. The average Bonchev–Trinajstić information content (AvgIpc) is 3.18. The zero-order valence-electron chi connectivity index (χ0n) is 13.1. The number of carbonyl (C=O) groups is 1. The first kappa shape index (κ1) is 15.7. The maximum Gasteiger partial charge on any atom is 0.253 e. The van der Waals surface area contributed by atoms with Crippen LogP contribution in [0.25, 0.3) is 5.69 Å². The van der Waals surface area contributed by atoms with Gasteiger partial charge in [0, 0.05) is 31.5 Å². The molecule has 23 heavy (non-hydrogen) atoms. The lowest BCUT2D eigenvalue weighted by molar-refractivity contribution is 0.0156. The maximum atomic E-state index is 14.2. The summed E-state index contributed by atoms with van der Waals surface area (Å²) < 4.78 is 15.6. The van der Waals surface area contributed by atoms with E-state index in [0.29, 0.717) is 18.5 Å². The largest absolute Gasteiger partial charge is 0.388 e. The van der Waals surface area contributed by atoms with Gasteiger partial charge in [0.2, 0.25) is 0 Å². The van der Waals surface area contributed by atoms with Crippen molar-refractivity contribution in [3.05, 3.63) is 48.0 Å². The van der Waals surface area contributed by atoms with Crippen LogP contribution in [0.3, 0.4) is 0 Å². The van der Waals surface area contributed by atoms with Crippen molar-refractivity contribution in [2.45, 2.75) is 31.3 Å². The fourth-order valence-corrected chi connectivity index (χ4v) is 3.16. The molecule has 0 spiro atoms. The molecule has 1 heterocycles. The minimum atomic E-state index is -0.808. The number of carbonyl (C=O) groups excluding carboxylic acids is 1. The molecule has 0 bridgehead atoms. The molecule has 3 rings (SSSR count). The van der Waals surface area contributed by atoms with E-state index in [-0.39, 0.29) is 18.0 Å². The summed E-state index contributed by atoms with van der Waals surface area (Å²) in [6.07, 6.45) is 6.57. The Morgan fingerprint density at radius 3 is 2.78 bits per heavy atom. The van der Waals surface area contributed by atoms with Gasteiger partial charge >= 0.3 is 0 Å². The summed E-state index contributed by atoms with van der Waals surface area (Å²) in [4.78, 5) is 13.9. The Morgan fingerprint density at radius 2 is 2.17 bits per heavy atom. The van der Waals surface area contributed by atoms with Crippen LogP contribution in [0, 0.1) is 5.82 Å². The van der Waals surface area contributed by atoms with E-state index >= 15 is 0 Å². The molecule has 5 nitrogen and oxygen atoms in total. The highest BCUT2D eigenvalue weighted by molar-refractivity contribution is 5.94. The van der Waals surface area contributed by atoms with Crippen molar-refractivity contribution in [3.8, 4) is 5.69 Å². The van der Waals surface area contributed by atoms with Gasteiger partial charge < -0.3 is 10.0 Å². The standard InChI is InChI=1S/C17H20FN3O2/c1-20(12-17(23)7-2-3-8-17)16(22)13-5-6-15(14(18)11-13)21-10-4-9-19-21/h4-6,9-11,23H,2-3,7-8,12H2,1H3. The Kier molecular flexibility index (Phi) is 4.17. The Balaban J connectivity index is 1.76. The first-order chi connectivity index (χ1) is 11.0. The molecule has 0 atom stereocenters. The number of rotatable bonds is 4. The minimum absolute atomic E-state index is 0.266. The van der Waals surface area contributed by atoms with E-state index in [1.54, 1.807) is 31.6 Å². The highest BCUT2D eigenvalue weighted by Crippen LogP contribution is 2.30. The summed E-state index contributed by atoms with van der Waals surface area (Å²) in [6, 6.07) is 6.04. The van der Waals surface area contributed by atoms with E-state index in [1.807, 2.05) is 0 Å². The summed E-state index contributed by atoms with van der Waals surface area (Å²) in [5.41, 5.74) is -0.246. The van der Waals surface area contributed by atoms with Crippen molar-refractivity contribution in [2.75, 3.05) is 13.6 Å². The Morgan fingerprint density at radius 1 is 1.43 bits per heavy atom. The number of likely N-dealkylation sites (N-methyl/N-ethyl adjacent to an activating group) is 1. The molecule has 0 aliphatic heterocycles. The lowest BCUT2D eigenvalue weighted by atomic mass is 10.0. The van der Waals surface area contributed by atoms with Crippen LogP contribution in [0.1, 0.15) is 36.0 Å². The molecule has 1 amide bonds. The number of benzene rings is 1. The van der Waals surface area contributed by atoms with Gasteiger partial charge in [-0.2, -0.15) is 5.10 Å². The van der Waals surface area contributed by atoms with Gasteiger partial charge in [0.05, 0.1) is 5.60 Å². The third kappa shape index (κ3) is 3.27. The quantitative estimate of drug-likeness (QED) is 0.942. The molecule has 1 fully saturated rings. The average molecular weight is 317 g/mol. The lowest BCUT2D eigenvalue weighted by Crippen LogP contribution is -2.42. The van der Waals surface area contributed by atoms with E-state index in [0.717, 1.165) is 12.8 Å².